The molecule has 0 fully saturated rings. The molecule has 0 aliphatic heterocycles. The van der Waals surface area contributed by atoms with Crippen LogP contribution in [-0.2, 0) is 16.0 Å². The van der Waals surface area contributed by atoms with Crippen LogP contribution in [0.1, 0.15) is 12.0 Å². The molecule has 0 atom stereocenters. The van der Waals surface area contributed by atoms with Crippen molar-refractivity contribution in [2.45, 2.75) is 12.8 Å². The first-order valence-electron chi connectivity index (χ1n) is 5.65. The molecule has 1 aromatic carbocycles. The third-order valence-corrected chi connectivity index (χ3v) is 2.40. The summed E-state index contributed by atoms with van der Waals surface area (Å²) in [5.74, 6) is 0.864. The van der Waals surface area contributed by atoms with Gasteiger partial charge in [0.15, 0.2) is 0 Å². The number of benzene rings is 1. The van der Waals surface area contributed by atoms with Gasteiger partial charge in [-0.3, -0.25) is 4.79 Å². The summed E-state index contributed by atoms with van der Waals surface area (Å²) in [4.78, 5) is 11.3. The van der Waals surface area contributed by atoms with E-state index in [0.29, 0.717) is 19.6 Å². The van der Waals surface area contributed by atoms with Gasteiger partial charge in [-0.05, 0) is 24.1 Å². The van der Waals surface area contributed by atoms with Gasteiger partial charge >= 0.3 is 0 Å². The number of rotatable bonds is 7. The van der Waals surface area contributed by atoms with E-state index in [-0.39, 0.29) is 5.91 Å². The SMILES string of the molecule is COCCC(=O)NCCc1cccc(OC)c1. The Morgan fingerprint density at radius 2 is 2.18 bits per heavy atom. The van der Waals surface area contributed by atoms with Crippen LogP contribution in [0.5, 0.6) is 5.75 Å². The Hall–Kier alpha value is -1.55. The minimum atomic E-state index is 0.0229. The standard InChI is InChI=1S/C13H19NO3/c1-16-9-7-13(15)14-8-6-11-4-3-5-12(10-11)17-2/h3-5,10H,6-9H2,1-2H3,(H,14,15). The molecule has 0 radical (unpaired) electrons. The van der Waals surface area contributed by atoms with E-state index in [2.05, 4.69) is 5.32 Å². The highest BCUT2D eigenvalue weighted by molar-refractivity contribution is 5.75. The van der Waals surface area contributed by atoms with Gasteiger partial charge in [-0.25, -0.2) is 0 Å². The second-order valence-electron chi connectivity index (χ2n) is 3.69. The number of hydrogen-bond acceptors (Lipinski definition) is 3. The van der Waals surface area contributed by atoms with Crippen molar-refractivity contribution < 1.29 is 14.3 Å². The lowest BCUT2D eigenvalue weighted by Crippen LogP contribution is -2.26. The lowest BCUT2D eigenvalue weighted by Gasteiger charge is -2.06. The topological polar surface area (TPSA) is 47.6 Å². The minimum Gasteiger partial charge on any atom is -0.497 e. The number of carbonyl (C=O) groups excluding carboxylic acids is 1. The zero-order valence-electron chi connectivity index (χ0n) is 10.4. The number of hydrogen-bond donors (Lipinski definition) is 1. The maximum atomic E-state index is 11.3. The molecule has 4 nitrogen and oxygen atoms in total. The zero-order chi connectivity index (χ0) is 12.5. The summed E-state index contributed by atoms with van der Waals surface area (Å²) in [7, 11) is 3.23. The number of methoxy groups -OCH3 is 2. The maximum Gasteiger partial charge on any atom is 0.222 e. The number of carbonyl (C=O) groups is 1. The fourth-order valence-electron chi connectivity index (χ4n) is 1.46. The smallest absolute Gasteiger partial charge is 0.222 e. The average Bonchev–Trinajstić information content (AvgIpc) is 2.36. The normalized spacial score (nSPS) is 10.0. The summed E-state index contributed by atoms with van der Waals surface area (Å²) < 4.78 is 9.96. The number of nitrogens with one attached hydrogen (secondary N) is 1. The van der Waals surface area contributed by atoms with Gasteiger partial charge in [-0.1, -0.05) is 12.1 Å². The molecule has 0 aliphatic carbocycles. The van der Waals surface area contributed by atoms with Crippen molar-refractivity contribution in [2.24, 2.45) is 0 Å². The molecule has 1 N–H and O–H groups in total. The zero-order valence-corrected chi connectivity index (χ0v) is 10.4. The molecule has 0 spiro atoms. The first-order valence-corrected chi connectivity index (χ1v) is 5.65. The number of ether oxygens (including phenoxy) is 2. The van der Waals surface area contributed by atoms with Gasteiger partial charge in [0.2, 0.25) is 5.91 Å². The predicted molar refractivity (Wildman–Crippen MR) is 66.2 cm³/mol. The molecule has 0 heterocycles. The summed E-state index contributed by atoms with van der Waals surface area (Å²) in [6.07, 6.45) is 1.21. The third kappa shape index (κ3) is 5.36. The van der Waals surface area contributed by atoms with E-state index >= 15 is 0 Å². The van der Waals surface area contributed by atoms with Crippen LogP contribution in [0.15, 0.2) is 24.3 Å². The van der Waals surface area contributed by atoms with Gasteiger partial charge in [-0.2, -0.15) is 0 Å². The molecule has 1 rings (SSSR count). The van der Waals surface area contributed by atoms with E-state index in [1.807, 2.05) is 24.3 Å². The van der Waals surface area contributed by atoms with Gasteiger partial charge in [0.05, 0.1) is 13.7 Å². The van der Waals surface area contributed by atoms with Crippen LogP contribution in [0.25, 0.3) is 0 Å². The van der Waals surface area contributed by atoms with Crippen LogP contribution in [0.4, 0.5) is 0 Å². The summed E-state index contributed by atoms with van der Waals surface area (Å²) in [5, 5.41) is 2.84. The Kier molecular flexibility index (Phi) is 6.10. The predicted octanol–water partition coefficient (Wildman–Crippen LogP) is 1.39. The van der Waals surface area contributed by atoms with Gasteiger partial charge in [0.25, 0.3) is 0 Å². The Labute approximate surface area is 102 Å². The highest BCUT2D eigenvalue weighted by Gasteiger charge is 2.00. The summed E-state index contributed by atoms with van der Waals surface area (Å²) in [6.45, 7) is 1.10. The molecule has 0 saturated heterocycles. The van der Waals surface area contributed by atoms with Gasteiger partial charge in [0.1, 0.15) is 5.75 Å². The van der Waals surface area contributed by atoms with Crippen LogP contribution in [0.3, 0.4) is 0 Å². The van der Waals surface area contributed by atoms with Crippen molar-refractivity contribution >= 4 is 5.91 Å². The van der Waals surface area contributed by atoms with Crippen LogP contribution < -0.4 is 10.1 Å². The molecule has 0 aromatic heterocycles. The first kappa shape index (κ1) is 13.5. The summed E-state index contributed by atoms with van der Waals surface area (Å²) >= 11 is 0. The molecule has 94 valence electrons. The third-order valence-electron chi connectivity index (χ3n) is 2.40. The molecular formula is C13H19NO3. The van der Waals surface area contributed by atoms with Crippen LogP contribution >= 0.6 is 0 Å². The van der Waals surface area contributed by atoms with Gasteiger partial charge in [-0.15, -0.1) is 0 Å². The average molecular weight is 237 g/mol. The van der Waals surface area contributed by atoms with Crippen molar-refractivity contribution in [1.29, 1.82) is 0 Å². The summed E-state index contributed by atoms with van der Waals surface area (Å²) in [5.41, 5.74) is 1.15. The lowest BCUT2D eigenvalue weighted by molar-refractivity contribution is -0.121. The fraction of sp³-hybridized carbons (Fsp3) is 0.462. The molecule has 0 bridgehead atoms. The monoisotopic (exact) mass is 237 g/mol. The molecule has 0 aliphatic rings. The van der Waals surface area contributed by atoms with Crippen LogP contribution in [0, 0.1) is 0 Å². The molecule has 4 heteroatoms. The second-order valence-corrected chi connectivity index (χ2v) is 3.69. The Morgan fingerprint density at radius 1 is 1.35 bits per heavy atom. The minimum absolute atomic E-state index is 0.0229. The highest BCUT2D eigenvalue weighted by Crippen LogP contribution is 2.12. The lowest BCUT2D eigenvalue weighted by atomic mass is 10.1. The van der Waals surface area contributed by atoms with Crippen molar-refractivity contribution in [3.05, 3.63) is 29.8 Å². The van der Waals surface area contributed by atoms with Crippen molar-refractivity contribution in [1.82, 2.24) is 5.32 Å². The van der Waals surface area contributed by atoms with Gasteiger partial charge < -0.3 is 14.8 Å². The highest BCUT2D eigenvalue weighted by atomic mass is 16.5. The molecule has 17 heavy (non-hydrogen) atoms. The quantitative estimate of drug-likeness (QED) is 0.779. The van der Waals surface area contributed by atoms with E-state index in [4.69, 9.17) is 9.47 Å². The van der Waals surface area contributed by atoms with E-state index in [1.54, 1.807) is 14.2 Å². The number of amides is 1. The Balaban J connectivity index is 2.28. The van der Waals surface area contributed by atoms with E-state index in [0.717, 1.165) is 17.7 Å². The molecule has 1 amide bonds. The molecule has 0 unspecified atom stereocenters. The molecule has 0 saturated carbocycles. The van der Waals surface area contributed by atoms with Crippen molar-refractivity contribution in [3.63, 3.8) is 0 Å². The fourth-order valence-corrected chi connectivity index (χ4v) is 1.46. The molecular weight excluding hydrogens is 218 g/mol. The van der Waals surface area contributed by atoms with Crippen molar-refractivity contribution in [3.8, 4) is 5.75 Å². The largest absolute Gasteiger partial charge is 0.497 e. The van der Waals surface area contributed by atoms with Crippen LogP contribution in [-0.4, -0.2) is 33.3 Å². The van der Waals surface area contributed by atoms with Crippen LogP contribution in [0.2, 0.25) is 0 Å². The van der Waals surface area contributed by atoms with Crippen molar-refractivity contribution in [2.75, 3.05) is 27.4 Å². The second kappa shape index (κ2) is 7.68. The Morgan fingerprint density at radius 3 is 2.88 bits per heavy atom. The maximum absolute atomic E-state index is 11.3. The van der Waals surface area contributed by atoms with E-state index in [1.165, 1.54) is 0 Å². The summed E-state index contributed by atoms with van der Waals surface area (Å²) in [6, 6.07) is 7.84. The first-order chi connectivity index (χ1) is 8.26. The Bertz CT molecular complexity index is 352. The molecule has 1 aromatic rings. The van der Waals surface area contributed by atoms with Gasteiger partial charge in [0, 0.05) is 20.1 Å². The van der Waals surface area contributed by atoms with E-state index < -0.39 is 0 Å². The van der Waals surface area contributed by atoms with E-state index in [9.17, 15) is 4.79 Å².